The molecular weight excluding hydrogens is 486 g/mol. The highest BCUT2D eigenvalue weighted by Crippen LogP contribution is 2.40. The third-order valence-corrected chi connectivity index (χ3v) is 6.78. The van der Waals surface area contributed by atoms with Gasteiger partial charge >= 0.3 is 0 Å². The summed E-state index contributed by atoms with van der Waals surface area (Å²) < 4.78 is 17.0. The largest absolute Gasteiger partial charge is 0.490 e. The van der Waals surface area contributed by atoms with Crippen molar-refractivity contribution in [2.75, 3.05) is 44.9 Å². The number of amidine groups is 1. The SMILES string of the molecule is CCOc1cc(/C=C2\SC(=Nc3ccc(N4CCOCC4)cc3)N(C)C2=O)cc(Cl)c1OC(C)C. The van der Waals surface area contributed by atoms with Crippen LogP contribution >= 0.6 is 23.4 Å². The number of ether oxygens (including phenoxy) is 3. The zero-order valence-electron chi connectivity index (χ0n) is 20.4. The lowest BCUT2D eigenvalue weighted by atomic mass is 10.1. The average molecular weight is 516 g/mol. The molecule has 7 nitrogen and oxygen atoms in total. The maximum atomic E-state index is 12.9. The van der Waals surface area contributed by atoms with Gasteiger partial charge in [-0.15, -0.1) is 0 Å². The van der Waals surface area contributed by atoms with Crippen LogP contribution in [0.15, 0.2) is 46.3 Å². The summed E-state index contributed by atoms with van der Waals surface area (Å²) in [6, 6.07) is 11.7. The zero-order valence-corrected chi connectivity index (χ0v) is 22.0. The molecule has 35 heavy (non-hydrogen) atoms. The van der Waals surface area contributed by atoms with Crippen molar-refractivity contribution in [1.29, 1.82) is 0 Å². The van der Waals surface area contributed by atoms with Gasteiger partial charge in [-0.3, -0.25) is 9.69 Å². The first-order valence-corrected chi connectivity index (χ1v) is 12.9. The van der Waals surface area contributed by atoms with Crippen LogP contribution in [-0.4, -0.2) is 62.0 Å². The lowest BCUT2D eigenvalue weighted by Gasteiger charge is -2.28. The second-order valence-corrected chi connectivity index (χ2v) is 9.83. The summed E-state index contributed by atoms with van der Waals surface area (Å²) in [5.74, 6) is 0.949. The Balaban J connectivity index is 1.55. The highest BCUT2D eigenvalue weighted by Gasteiger charge is 2.30. The van der Waals surface area contributed by atoms with Gasteiger partial charge in [-0.25, -0.2) is 4.99 Å². The van der Waals surface area contributed by atoms with Gasteiger partial charge in [-0.1, -0.05) is 11.6 Å². The Hall–Kier alpha value is -2.68. The van der Waals surface area contributed by atoms with Crippen molar-refractivity contribution in [3.63, 3.8) is 0 Å². The number of amides is 1. The Morgan fingerprint density at radius 2 is 1.91 bits per heavy atom. The van der Waals surface area contributed by atoms with E-state index in [1.54, 1.807) is 24.1 Å². The average Bonchev–Trinajstić information content (AvgIpc) is 3.10. The zero-order chi connectivity index (χ0) is 24.9. The van der Waals surface area contributed by atoms with Crippen molar-refractivity contribution in [1.82, 2.24) is 4.90 Å². The number of nitrogens with zero attached hydrogens (tertiary/aromatic N) is 3. The molecule has 2 heterocycles. The van der Waals surface area contributed by atoms with Gasteiger partial charge < -0.3 is 19.1 Å². The number of carbonyl (C=O) groups excluding carboxylic acids is 1. The van der Waals surface area contributed by atoms with Gasteiger partial charge in [-0.05, 0) is 80.6 Å². The van der Waals surface area contributed by atoms with E-state index in [1.165, 1.54) is 11.8 Å². The van der Waals surface area contributed by atoms with Crippen LogP contribution in [0.5, 0.6) is 11.5 Å². The van der Waals surface area contributed by atoms with Gasteiger partial charge in [0, 0.05) is 25.8 Å². The molecule has 0 unspecified atom stereocenters. The number of carbonyl (C=O) groups is 1. The summed E-state index contributed by atoms with van der Waals surface area (Å²) in [5, 5.41) is 1.06. The second kappa shape index (κ2) is 11.4. The lowest BCUT2D eigenvalue weighted by Crippen LogP contribution is -2.36. The number of likely N-dealkylation sites (N-methyl/N-ethyl adjacent to an activating group) is 1. The number of halogens is 1. The molecule has 0 aliphatic carbocycles. The van der Waals surface area contributed by atoms with Gasteiger partial charge in [0.2, 0.25) is 0 Å². The van der Waals surface area contributed by atoms with Crippen molar-refractivity contribution in [2.45, 2.75) is 26.9 Å². The van der Waals surface area contributed by atoms with Crippen molar-refractivity contribution >= 4 is 51.9 Å². The normalized spacial score (nSPS) is 18.7. The van der Waals surface area contributed by atoms with E-state index < -0.39 is 0 Å². The van der Waals surface area contributed by atoms with E-state index in [0.717, 1.165) is 43.2 Å². The van der Waals surface area contributed by atoms with Crippen molar-refractivity contribution < 1.29 is 19.0 Å². The molecule has 186 valence electrons. The first-order chi connectivity index (χ1) is 16.9. The Bertz CT molecular complexity index is 1130. The second-order valence-electron chi connectivity index (χ2n) is 8.41. The van der Waals surface area contributed by atoms with E-state index in [9.17, 15) is 4.79 Å². The molecule has 1 amide bonds. The number of morpholine rings is 1. The van der Waals surface area contributed by atoms with Crippen molar-refractivity contribution in [3.05, 3.63) is 51.9 Å². The van der Waals surface area contributed by atoms with E-state index in [-0.39, 0.29) is 12.0 Å². The van der Waals surface area contributed by atoms with Gasteiger partial charge in [0.25, 0.3) is 5.91 Å². The van der Waals surface area contributed by atoms with Crippen LogP contribution in [-0.2, 0) is 9.53 Å². The minimum Gasteiger partial charge on any atom is -0.490 e. The fourth-order valence-corrected chi connectivity index (χ4v) is 5.01. The van der Waals surface area contributed by atoms with Crippen LogP contribution in [0.1, 0.15) is 26.3 Å². The van der Waals surface area contributed by atoms with Crippen LogP contribution in [0.25, 0.3) is 6.08 Å². The lowest BCUT2D eigenvalue weighted by molar-refractivity contribution is -0.121. The van der Waals surface area contributed by atoms with E-state index in [4.69, 9.17) is 30.8 Å². The van der Waals surface area contributed by atoms with Crippen LogP contribution in [0.2, 0.25) is 5.02 Å². The number of anilines is 1. The van der Waals surface area contributed by atoms with Crippen molar-refractivity contribution in [2.24, 2.45) is 4.99 Å². The first kappa shape index (κ1) is 25.4. The molecule has 2 aromatic carbocycles. The molecule has 2 aliphatic heterocycles. The number of hydrogen-bond acceptors (Lipinski definition) is 7. The van der Waals surface area contributed by atoms with Crippen molar-refractivity contribution in [3.8, 4) is 11.5 Å². The van der Waals surface area contributed by atoms with E-state index in [0.29, 0.717) is 33.2 Å². The number of benzene rings is 2. The first-order valence-electron chi connectivity index (χ1n) is 11.7. The molecule has 0 aromatic heterocycles. The Morgan fingerprint density at radius 3 is 2.57 bits per heavy atom. The summed E-state index contributed by atoms with van der Waals surface area (Å²) in [7, 11) is 1.73. The van der Waals surface area contributed by atoms with Gasteiger partial charge in [-0.2, -0.15) is 0 Å². The molecule has 0 bridgehead atoms. The van der Waals surface area contributed by atoms with Gasteiger partial charge in [0.15, 0.2) is 16.7 Å². The maximum Gasteiger partial charge on any atom is 0.266 e. The molecule has 0 N–H and O–H groups in total. The standard InChI is InChI=1S/C26H30ClN3O4S/c1-5-33-22-15-18(14-21(27)24(22)34-17(2)3)16-23-25(31)29(4)26(35-23)28-19-6-8-20(9-7-19)30-10-12-32-13-11-30/h6-9,14-17H,5,10-13H2,1-4H3/b23-16-,28-26?. The predicted octanol–water partition coefficient (Wildman–Crippen LogP) is 5.60. The fourth-order valence-electron chi connectivity index (χ4n) is 3.76. The number of rotatable bonds is 7. The molecule has 4 rings (SSSR count). The molecule has 0 atom stereocenters. The molecule has 2 aliphatic rings. The molecule has 9 heteroatoms. The third-order valence-electron chi connectivity index (χ3n) is 5.44. The summed E-state index contributed by atoms with van der Waals surface area (Å²) in [6.45, 7) is 9.50. The Labute approximate surface area is 215 Å². The van der Waals surface area contributed by atoms with Gasteiger partial charge in [0.1, 0.15) is 0 Å². The highest BCUT2D eigenvalue weighted by molar-refractivity contribution is 8.18. The van der Waals surface area contributed by atoms with E-state index in [1.807, 2.05) is 39.0 Å². The summed E-state index contributed by atoms with van der Waals surface area (Å²) in [6.07, 6.45) is 1.76. The van der Waals surface area contributed by atoms with Crippen LogP contribution in [0.3, 0.4) is 0 Å². The summed E-state index contributed by atoms with van der Waals surface area (Å²) >= 11 is 7.83. The molecule has 0 saturated carbocycles. The minimum absolute atomic E-state index is 0.0433. The molecular formula is C26H30ClN3O4S. The molecule has 2 fully saturated rings. The maximum absolute atomic E-state index is 12.9. The number of aliphatic imine (C=N–C) groups is 1. The van der Waals surface area contributed by atoms with E-state index >= 15 is 0 Å². The minimum atomic E-state index is -0.115. The van der Waals surface area contributed by atoms with Crippen LogP contribution in [0, 0.1) is 0 Å². The summed E-state index contributed by atoms with van der Waals surface area (Å²) in [4.78, 5) is 22.1. The molecule has 0 radical (unpaired) electrons. The number of thioether (sulfide) groups is 1. The molecule has 0 spiro atoms. The molecule has 2 saturated heterocycles. The van der Waals surface area contributed by atoms with E-state index in [2.05, 4.69) is 17.0 Å². The fraction of sp³-hybridized carbons (Fsp3) is 0.385. The Kier molecular flexibility index (Phi) is 8.26. The topological polar surface area (TPSA) is 63.6 Å². The van der Waals surface area contributed by atoms with Crippen LogP contribution in [0.4, 0.5) is 11.4 Å². The smallest absolute Gasteiger partial charge is 0.266 e. The quantitative estimate of drug-likeness (QED) is 0.447. The monoisotopic (exact) mass is 515 g/mol. The van der Waals surface area contributed by atoms with Crippen LogP contribution < -0.4 is 14.4 Å². The van der Waals surface area contributed by atoms with Gasteiger partial charge in [0.05, 0.1) is 41.5 Å². The predicted molar refractivity (Wildman–Crippen MR) is 143 cm³/mol. The summed E-state index contributed by atoms with van der Waals surface area (Å²) in [5.41, 5.74) is 2.70. The highest BCUT2D eigenvalue weighted by atomic mass is 35.5. The third kappa shape index (κ3) is 6.12. The molecule has 2 aromatic rings. The number of hydrogen-bond donors (Lipinski definition) is 0. The Morgan fingerprint density at radius 1 is 1.20 bits per heavy atom.